The molecule has 0 fully saturated rings. The first-order valence-corrected chi connectivity index (χ1v) is 7.65. The number of nitrogens with zero attached hydrogens (tertiary/aromatic N) is 3. The van der Waals surface area contributed by atoms with Crippen molar-refractivity contribution >= 4 is 11.6 Å². The summed E-state index contributed by atoms with van der Waals surface area (Å²) in [7, 11) is 0. The van der Waals surface area contributed by atoms with Gasteiger partial charge in [-0.3, -0.25) is 9.20 Å². The van der Waals surface area contributed by atoms with Crippen molar-refractivity contribution in [2.24, 2.45) is 0 Å². The van der Waals surface area contributed by atoms with Crippen molar-refractivity contribution in [3.8, 4) is 0 Å². The number of aromatic nitrogens is 3. The van der Waals surface area contributed by atoms with Gasteiger partial charge >= 0.3 is 6.18 Å². The van der Waals surface area contributed by atoms with Crippen LogP contribution in [0.5, 0.6) is 0 Å². The summed E-state index contributed by atoms with van der Waals surface area (Å²) in [6, 6.07) is 11.7. The highest BCUT2D eigenvalue weighted by Crippen LogP contribution is 2.29. The van der Waals surface area contributed by atoms with Gasteiger partial charge in [0.1, 0.15) is 0 Å². The van der Waals surface area contributed by atoms with Crippen LogP contribution in [-0.2, 0) is 23.9 Å². The van der Waals surface area contributed by atoms with Crippen LogP contribution in [0.4, 0.5) is 13.2 Å². The Labute approximate surface area is 141 Å². The molecule has 1 N–H and O–H groups in total. The van der Waals surface area contributed by atoms with E-state index in [-0.39, 0.29) is 24.7 Å². The van der Waals surface area contributed by atoms with Crippen LogP contribution in [0.25, 0.3) is 5.65 Å². The summed E-state index contributed by atoms with van der Waals surface area (Å²) >= 11 is 0. The Morgan fingerprint density at radius 3 is 2.56 bits per heavy atom. The van der Waals surface area contributed by atoms with Gasteiger partial charge in [-0.1, -0.05) is 30.3 Å². The zero-order valence-corrected chi connectivity index (χ0v) is 13.1. The molecule has 2 heterocycles. The maximum atomic E-state index is 12.8. The van der Waals surface area contributed by atoms with E-state index in [2.05, 4.69) is 15.5 Å². The van der Waals surface area contributed by atoms with Crippen LogP contribution in [0.3, 0.4) is 0 Å². The largest absolute Gasteiger partial charge is 0.417 e. The molecule has 8 heteroatoms. The van der Waals surface area contributed by atoms with Crippen LogP contribution in [-0.4, -0.2) is 20.5 Å². The van der Waals surface area contributed by atoms with E-state index in [1.807, 2.05) is 30.3 Å². The summed E-state index contributed by atoms with van der Waals surface area (Å²) in [5.41, 5.74) is 0.540. The third kappa shape index (κ3) is 4.14. The molecule has 0 atom stereocenters. The quantitative estimate of drug-likeness (QED) is 0.771. The van der Waals surface area contributed by atoms with E-state index >= 15 is 0 Å². The fraction of sp³-hybridized carbons (Fsp3) is 0.235. The zero-order valence-electron chi connectivity index (χ0n) is 13.1. The SMILES string of the molecule is O=C(CCc1ccccc1)NCc1nnc2ccc(C(F)(F)F)cn12. The van der Waals surface area contributed by atoms with Crippen molar-refractivity contribution in [1.29, 1.82) is 0 Å². The number of carbonyl (C=O) groups is 1. The first-order chi connectivity index (χ1) is 11.9. The van der Waals surface area contributed by atoms with Gasteiger partial charge < -0.3 is 5.32 Å². The summed E-state index contributed by atoms with van der Waals surface area (Å²) in [6.45, 7) is 0.0100. The van der Waals surface area contributed by atoms with E-state index in [4.69, 9.17) is 0 Å². The van der Waals surface area contributed by atoms with Crippen LogP contribution in [0.1, 0.15) is 23.4 Å². The van der Waals surface area contributed by atoms with Crippen molar-refractivity contribution in [1.82, 2.24) is 19.9 Å². The third-order valence-electron chi connectivity index (χ3n) is 3.73. The number of alkyl halides is 3. The molecule has 0 unspecified atom stereocenters. The Morgan fingerprint density at radius 2 is 1.84 bits per heavy atom. The summed E-state index contributed by atoms with van der Waals surface area (Å²) in [5, 5.41) is 10.3. The van der Waals surface area contributed by atoms with Crippen molar-refractivity contribution in [2.75, 3.05) is 0 Å². The second kappa shape index (κ2) is 6.92. The lowest BCUT2D eigenvalue weighted by molar-refractivity contribution is -0.137. The number of aryl methyl sites for hydroxylation is 1. The zero-order chi connectivity index (χ0) is 17.9. The molecule has 25 heavy (non-hydrogen) atoms. The summed E-state index contributed by atoms with van der Waals surface area (Å²) < 4.78 is 39.7. The molecule has 0 aliphatic heterocycles. The normalized spacial score (nSPS) is 11.6. The molecule has 0 aliphatic carbocycles. The van der Waals surface area contributed by atoms with Crippen LogP contribution in [0, 0.1) is 0 Å². The fourth-order valence-corrected chi connectivity index (χ4v) is 2.40. The van der Waals surface area contributed by atoms with Gasteiger partial charge in [-0.15, -0.1) is 10.2 Å². The van der Waals surface area contributed by atoms with Gasteiger partial charge in [-0.25, -0.2) is 0 Å². The molecule has 0 saturated heterocycles. The molecular weight excluding hydrogens is 333 g/mol. The van der Waals surface area contributed by atoms with Gasteiger partial charge in [0, 0.05) is 12.6 Å². The molecule has 0 aliphatic rings. The Morgan fingerprint density at radius 1 is 1.08 bits per heavy atom. The highest BCUT2D eigenvalue weighted by Gasteiger charge is 2.31. The summed E-state index contributed by atoms with van der Waals surface area (Å²) in [5.74, 6) is 0.0433. The summed E-state index contributed by atoms with van der Waals surface area (Å²) in [4.78, 5) is 11.9. The van der Waals surface area contributed by atoms with E-state index in [0.717, 1.165) is 17.8 Å². The standard InChI is InChI=1S/C17H15F3N4O/c18-17(19,20)13-7-8-14-22-23-15(24(14)11-13)10-21-16(25)9-6-12-4-2-1-3-5-12/h1-5,7-8,11H,6,9-10H2,(H,21,25). The topological polar surface area (TPSA) is 59.3 Å². The lowest BCUT2D eigenvalue weighted by atomic mass is 10.1. The maximum Gasteiger partial charge on any atom is 0.417 e. The number of hydrogen-bond acceptors (Lipinski definition) is 3. The highest BCUT2D eigenvalue weighted by atomic mass is 19.4. The number of rotatable bonds is 5. The van der Waals surface area contributed by atoms with Crippen LogP contribution in [0.2, 0.25) is 0 Å². The second-order valence-electron chi connectivity index (χ2n) is 5.52. The molecule has 0 saturated carbocycles. The fourth-order valence-electron chi connectivity index (χ4n) is 2.40. The average molecular weight is 348 g/mol. The number of pyridine rings is 1. The molecule has 1 aromatic carbocycles. The predicted octanol–water partition coefficient (Wildman–Crippen LogP) is 3.00. The van der Waals surface area contributed by atoms with E-state index in [0.29, 0.717) is 12.1 Å². The molecule has 0 radical (unpaired) electrons. The molecule has 0 spiro atoms. The smallest absolute Gasteiger partial charge is 0.349 e. The van der Waals surface area contributed by atoms with Crippen LogP contribution >= 0.6 is 0 Å². The van der Waals surface area contributed by atoms with Gasteiger partial charge in [0.05, 0.1) is 12.1 Å². The number of hydrogen-bond donors (Lipinski definition) is 1. The molecule has 130 valence electrons. The number of carbonyl (C=O) groups excluding carboxylic acids is 1. The van der Waals surface area contributed by atoms with Gasteiger partial charge in [0.2, 0.25) is 5.91 Å². The molecular formula is C17H15F3N4O. The first kappa shape index (κ1) is 16.9. The van der Waals surface area contributed by atoms with E-state index in [1.165, 1.54) is 10.5 Å². The molecule has 3 rings (SSSR count). The number of fused-ring (bicyclic) bond motifs is 1. The number of benzene rings is 1. The van der Waals surface area contributed by atoms with Crippen LogP contribution < -0.4 is 5.32 Å². The predicted molar refractivity (Wildman–Crippen MR) is 84.6 cm³/mol. The monoisotopic (exact) mass is 348 g/mol. The Balaban J connectivity index is 1.63. The van der Waals surface area contributed by atoms with E-state index in [1.54, 1.807) is 0 Å². The first-order valence-electron chi connectivity index (χ1n) is 7.65. The average Bonchev–Trinajstić information content (AvgIpc) is 3.00. The summed E-state index contributed by atoms with van der Waals surface area (Å²) in [6.07, 6.45) is -2.64. The Kier molecular flexibility index (Phi) is 4.69. The molecule has 5 nitrogen and oxygen atoms in total. The molecule has 1 amide bonds. The van der Waals surface area contributed by atoms with Gasteiger partial charge in [0.25, 0.3) is 0 Å². The Bertz CT molecular complexity index is 874. The van der Waals surface area contributed by atoms with Gasteiger partial charge in [-0.05, 0) is 24.1 Å². The van der Waals surface area contributed by atoms with Crippen molar-refractivity contribution in [3.63, 3.8) is 0 Å². The molecule has 2 aromatic heterocycles. The minimum atomic E-state index is -4.45. The lowest BCUT2D eigenvalue weighted by Crippen LogP contribution is -2.24. The van der Waals surface area contributed by atoms with Crippen LogP contribution in [0.15, 0.2) is 48.7 Å². The number of nitrogens with one attached hydrogen (secondary N) is 1. The van der Waals surface area contributed by atoms with E-state index in [9.17, 15) is 18.0 Å². The van der Waals surface area contributed by atoms with Gasteiger partial charge in [0.15, 0.2) is 11.5 Å². The lowest BCUT2D eigenvalue weighted by Gasteiger charge is -2.08. The van der Waals surface area contributed by atoms with Crippen molar-refractivity contribution < 1.29 is 18.0 Å². The Hall–Kier alpha value is -2.90. The molecule has 3 aromatic rings. The van der Waals surface area contributed by atoms with E-state index < -0.39 is 11.7 Å². The minimum Gasteiger partial charge on any atom is -0.349 e. The molecule has 0 bridgehead atoms. The highest BCUT2D eigenvalue weighted by molar-refractivity contribution is 5.76. The third-order valence-corrected chi connectivity index (χ3v) is 3.73. The number of amides is 1. The maximum absolute atomic E-state index is 12.8. The van der Waals surface area contributed by atoms with Crippen molar-refractivity contribution in [2.45, 2.75) is 25.6 Å². The number of halogens is 3. The van der Waals surface area contributed by atoms with Gasteiger partial charge in [-0.2, -0.15) is 13.2 Å². The van der Waals surface area contributed by atoms with Crippen molar-refractivity contribution in [3.05, 3.63) is 65.6 Å². The second-order valence-corrected chi connectivity index (χ2v) is 5.52. The minimum absolute atomic E-state index is 0.0100.